The number of aromatic nitrogens is 1. The van der Waals surface area contributed by atoms with Gasteiger partial charge in [0.05, 0.1) is 5.69 Å². The van der Waals surface area contributed by atoms with Crippen LogP contribution < -0.4 is 10.5 Å². The van der Waals surface area contributed by atoms with Crippen LogP contribution in [0.25, 0.3) is 0 Å². The number of benzene rings is 1. The van der Waals surface area contributed by atoms with Crippen molar-refractivity contribution in [3.8, 4) is 0 Å². The first-order valence-electron chi connectivity index (χ1n) is 5.44. The van der Waals surface area contributed by atoms with E-state index in [1.54, 1.807) is 0 Å². The molecule has 2 amide bonds. The Kier molecular flexibility index (Phi) is 4.60. The first-order valence-corrected chi connectivity index (χ1v) is 7.14. The monoisotopic (exact) mass is 279 g/mol. The number of nitrogens with one attached hydrogen (secondary N) is 1. The smallest absolute Gasteiger partial charge is 0.322 e. The topological polar surface area (TPSA) is 68.0 Å². The maximum absolute atomic E-state index is 10.6. The molecular formula is C12H13N3OS2. The predicted octanol–water partition coefficient (Wildman–Crippen LogP) is 2.60. The molecule has 0 radical (unpaired) electrons. The number of hydrogen-bond donors (Lipinski definition) is 2. The molecule has 4 nitrogen and oxygen atoms in total. The number of rotatable bonds is 5. The second-order valence-corrected chi connectivity index (χ2v) is 5.57. The van der Waals surface area contributed by atoms with Gasteiger partial charge in [0.2, 0.25) is 0 Å². The second kappa shape index (κ2) is 6.42. The van der Waals surface area contributed by atoms with Gasteiger partial charge in [0.1, 0.15) is 0 Å². The van der Waals surface area contributed by atoms with E-state index >= 15 is 0 Å². The van der Waals surface area contributed by atoms with Crippen LogP contribution in [-0.2, 0) is 12.8 Å². The molecule has 1 heterocycles. The number of nitrogens with two attached hydrogens (primary N) is 1. The van der Waals surface area contributed by atoms with Gasteiger partial charge in [-0.2, -0.15) is 0 Å². The highest BCUT2D eigenvalue weighted by molar-refractivity contribution is 7.99. The van der Waals surface area contributed by atoms with Crippen LogP contribution in [-0.4, -0.2) is 11.0 Å². The quantitative estimate of drug-likeness (QED) is 0.827. The summed E-state index contributed by atoms with van der Waals surface area (Å²) in [5.74, 6) is 0. The number of thiazole rings is 1. The summed E-state index contributed by atoms with van der Waals surface area (Å²) in [7, 11) is 0. The van der Waals surface area contributed by atoms with Gasteiger partial charge in [-0.3, -0.25) is 4.72 Å². The van der Waals surface area contributed by atoms with Crippen molar-refractivity contribution in [1.82, 2.24) is 9.71 Å². The van der Waals surface area contributed by atoms with E-state index < -0.39 is 6.03 Å². The van der Waals surface area contributed by atoms with E-state index in [1.165, 1.54) is 16.9 Å². The third-order valence-electron chi connectivity index (χ3n) is 2.28. The van der Waals surface area contributed by atoms with Crippen molar-refractivity contribution in [3.63, 3.8) is 0 Å². The summed E-state index contributed by atoms with van der Waals surface area (Å²) in [6.07, 6.45) is 1.87. The molecule has 6 heteroatoms. The molecule has 0 fully saturated rings. The van der Waals surface area contributed by atoms with Crippen molar-refractivity contribution in [1.29, 1.82) is 0 Å². The lowest BCUT2D eigenvalue weighted by Gasteiger charge is -1.98. The van der Waals surface area contributed by atoms with Crippen LogP contribution in [0.2, 0.25) is 0 Å². The molecule has 0 saturated carbocycles. The van der Waals surface area contributed by atoms with Gasteiger partial charge in [-0.05, 0) is 18.4 Å². The molecule has 0 bridgehead atoms. The van der Waals surface area contributed by atoms with Crippen LogP contribution in [0, 0.1) is 0 Å². The average Bonchev–Trinajstić information content (AvgIpc) is 2.83. The Morgan fingerprint density at radius 3 is 2.83 bits per heavy atom. The third kappa shape index (κ3) is 4.05. The van der Waals surface area contributed by atoms with Crippen LogP contribution >= 0.6 is 23.3 Å². The van der Waals surface area contributed by atoms with Crippen molar-refractivity contribution >= 4 is 29.3 Å². The highest BCUT2D eigenvalue weighted by Crippen LogP contribution is 2.20. The Morgan fingerprint density at radius 1 is 1.33 bits per heavy atom. The first kappa shape index (κ1) is 12.9. The van der Waals surface area contributed by atoms with E-state index in [0.29, 0.717) is 0 Å². The predicted molar refractivity (Wildman–Crippen MR) is 74.5 cm³/mol. The van der Waals surface area contributed by atoms with E-state index in [9.17, 15) is 4.79 Å². The van der Waals surface area contributed by atoms with E-state index in [0.717, 1.165) is 34.8 Å². The molecule has 1 aromatic carbocycles. The summed E-state index contributed by atoms with van der Waals surface area (Å²) in [5.41, 5.74) is 7.33. The van der Waals surface area contributed by atoms with Gasteiger partial charge in [0, 0.05) is 17.3 Å². The fraction of sp³-hybridized carbons (Fsp3) is 0.167. The van der Waals surface area contributed by atoms with Crippen LogP contribution in [0.1, 0.15) is 11.3 Å². The van der Waals surface area contributed by atoms with Crippen LogP contribution in [0.3, 0.4) is 0 Å². The molecule has 94 valence electrons. The lowest BCUT2D eigenvalue weighted by Crippen LogP contribution is -2.22. The van der Waals surface area contributed by atoms with Crippen molar-refractivity contribution in [2.45, 2.75) is 17.2 Å². The minimum Gasteiger partial charge on any atom is -0.351 e. The van der Waals surface area contributed by atoms with Crippen molar-refractivity contribution in [2.75, 3.05) is 0 Å². The fourth-order valence-electron chi connectivity index (χ4n) is 1.46. The molecule has 0 unspecified atom stereocenters. The van der Waals surface area contributed by atoms with E-state index in [4.69, 9.17) is 5.73 Å². The number of carbonyl (C=O) groups excluding carboxylic acids is 1. The average molecular weight is 279 g/mol. The van der Waals surface area contributed by atoms with Crippen molar-refractivity contribution in [2.24, 2.45) is 5.73 Å². The maximum Gasteiger partial charge on any atom is 0.322 e. The van der Waals surface area contributed by atoms with Gasteiger partial charge in [-0.1, -0.05) is 30.3 Å². The molecule has 2 aromatic rings. The van der Waals surface area contributed by atoms with Crippen LogP contribution in [0.15, 0.2) is 40.1 Å². The molecule has 0 aliphatic heterocycles. The van der Waals surface area contributed by atoms with Gasteiger partial charge in [0.15, 0.2) is 4.34 Å². The Bertz CT molecular complexity index is 513. The second-order valence-electron chi connectivity index (χ2n) is 3.66. The highest BCUT2D eigenvalue weighted by atomic mass is 32.2. The number of aryl methyl sites for hydroxylation is 2. The minimum absolute atomic E-state index is 0.555. The largest absolute Gasteiger partial charge is 0.351 e. The lowest BCUT2D eigenvalue weighted by molar-refractivity contribution is 0.254. The zero-order chi connectivity index (χ0) is 12.8. The zero-order valence-corrected chi connectivity index (χ0v) is 11.3. The fourth-order valence-corrected chi connectivity index (χ4v) is 2.85. The van der Waals surface area contributed by atoms with Crippen molar-refractivity contribution < 1.29 is 4.79 Å². The van der Waals surface area contributed by atoms with Gasteiger partial charge >= 0.3 is 6.03 Å². The molecule has 1 aromatic heterocycles. The standard InChI is InChI=1S/C12H13N3OS2/c13-11(16)15-18-12-14-10(8-17-12)7-6-9-4-2-1-3-5-9/h1-5,8H,6-7H2,(H3,13,15,16). The molecule has 2 rings (SSSR count). The molecule has 0 spiro atoms. The Hall–Kier alpha value is -1.53. The van der Waals surface area contributed by atoms with Crippen LogP contribution in [0.4, 0.5) is 4.79 Å². The Balaban J connectivity index is 1.85. The van der Waals surface area contributed by atoms with Gasteiger partial charge < -0.3 is 5.73 Å². The summed E-state index contributed by atoms with van der Waals surface area (Å²) < 4.78 is 3.26. The Labute approximate surface area is 114 Å². The van der Waals surface area contributed by atoms with E-state index in [1.807, 2.05) is 23.6 Å². The normalized spacial score (nSPS) is 10.2. The van der Waals surface area contributed by atoms with Crippen LogP contribution in [0.5, 0.6) is 0 Å². The summed E-state index contributed by atoms with van der Waals surface area (Å²) >= 11 is 2.66. The van der Waals surface area contributed by atoms with E-state index in [2.05, 4.69) is 21.8 Å². The molecule has 0 aliphatic rings. The first-order chi connectivity index (χ1) is 8.74. The lowest BCUT2D eigenvalue weighted by atomic mass is 10.1. The number of urea groups is 1. The summed E-state index contributed by atoms with van der Waals surface area (Å²) in [5, 5.41) is 2.01. The van der Waals surface area contributed by atoms with Gasteiger partial charge in [0.25, 0.3) is 0 Å². The number of primary amides is 1. The summed E-state index contributed by atoms with van der Waals surface area (Å²) in [6.45, 7) is 0. The maximum atomic E-state index is 10.6. The zero-order valence-electron chi connectivity index (χ0n) is 9.63. The molecule has 18 heavy (non-hydrogen) atoms. The SMILES string of the molecule is NC(=O)NSc1nc(CCc2ccccc2)cs1. The summed E-state index contributed by atoms with van der Waals surface area (Å²) in [6, 6.07) is 9.74. The molecular weight excluding hydrogens is 266 g/mol. The molecule has 0 saturated heterocycles. The molecule has 0 aliphatic carbocycles. The van der Waals surface area contributed by atoms with Gasteiger partial charge in [-0.25, -0.2) is 9.78 Å². The Morgan fingerprint density at radius 2 is 2.11 bits per heavy atom. The minimum atomic E-state index is -0.555. The van der Waals surface area contributed by atoms with E-state index in [-0.39, 0.29) is 0 Å². The number of nitrogens with zero attached hydrogens (tertiary/aromatic N) is 1. The number of amides is 2. The highest BCUT2D eigenvalue weighted by Gasteiger charge is 2.04. The number of carbonyl (C=O) groups is 1. The number of hydrogen-bond acceptors (Lipinski definition) is 4. The van der Waals surface area contributed by atoms with Crippen molar-refractivity contribution in [3.05, 3.63) is 47.0 Å². The van der Waals surface area contributed by atoms with Gasteiger partial charge in [-0.15, -0.1) is 11.3 Å². The molecule has 0 atom stereocenters. The molecule has 3 N–H and O–H groups in total. The summed E-state index contributed by atoms with van der Waals surface area (Å²) in [4.78, 5) is 15.0. The third-order valence-corrected chi connectivity index (χ3v) is 4.07.